The SMILES string of the molecule is Fc1ccc(CCNCc2csc(-c3cccs3)n2)c(F)c1. The third-order valence-electron chi connectivity index (χ3n) is 3.18. The van der Waals surface area contributed by atoms with Crippen molar-refractivity contribution in [3.05, 3.63) is 64.0 Å². The second-order valence-corrected chi connectivity index (χ2v) is 6.59. The Bertz CT molecular complexity index is 738. The molecule has 2 nitrogen and oxygen atoms in total. The number of aromatic nitrogens is 1. The summed E-state index contributed by atoms with van der Waals surface area (Å²) >= 11 is 3.30. The summed E-state index contributed by atoms with van der Waals surface area (Å²) in [7, 11) is 0. The Morgan fingerprint density at radius 2 is 2.05 bits per heavy atom. The molecule has 3 rings (SSSR count). The van der Waals surface area contributed by atoms with Crippen molar-refractivity contribution in [2.45, 2.75) is 13.0 Å². The highest BCUT2D eigenvalue weighted by molar-refractivity contribution is 7.20. The Morgan fingerprint density at radius 3 is 2.82 bits per heavy atom. The summed E-state index contributed by atoms with van der Waals surface area (Å²) in [5, 5.41) is 8.32. The van der Waals surface area contributed by atoms with Gasteiger partial charge < -0.3 is 5.32 Å². The van der Waals surface area contributed by atoms with Gasteiger partial charge in [0.2, 0.25) is 0 Å². The summed E-state index contributed by atoms with van der Waals surface area (Å²) in [6.45, 7) is 1.26. The predicted molar refractivity (Wildman–Crippen MR) is 87.2 cm³/mol. The molecule has 2 aromatic heterocycles. The number of rotatable bonds is 6. The predicted octanol–water partition coefficient (Wildman–Crippen LogP) is 4.48. The number of benzene rings is 1. The molecule has 0 aliphatic heterocycles. The number of nitrogens with one attached hydrogen (secondary N) is 1. The summed E-state index contributed by atoms with van der Waals surface area (Å²) < 4.78 is 26.3. The maximum Gasteiger partial charge on any atom is 0.133 e. The zero-order valence-corrected chi connectivity index (χ0v) is 13.3. The molecule has 0 radical (unpaired) electrons. The maximum atomic E-state index is 13.5. The lowest BCUT2D eigenvalue weighted by Gasteiger charge is -2.04. The molecule has 0 spiro atoms. The number of thiazole rings is 1. The van der Waals surface area contributed by atoms with Crippen LogP contribution >= 0.6 is 22.7 Å². The van der Waals surface area contributed by atoms with Gasteiger partial charge in [0, 0.05) is 18.0 Å². The summed E-state index contributed by atoms with van der Waals surface area (Å²) in [4.78, 5) is 5.74. The fourth-order valence-electron chi connectivity index (χ4n) is 2.07. The van der Waals surface area contributed by atoms with E-state index in [0.29, 0.717) is 25.1 Å². The first-order valence-corrected chi connectivity index (χ1v) is 8.61. The smallest absolute Gasteiger partial charge is 0.133 e. The fourth-order valence-corrected chi connectivity index (χ4v) is 3.70. The van der Waals surface area contributed by atoms with Gasteiger partial charge in [0.25, 0.3) is 0 Å². The van der Waals surface area contributed by atoms with Crippen LogP contribution in [0, 0.1) is 11.6 Å². The number of thiophene rings is 1. The number of hydrogen-bond acceptors (Lipinski definition) is 4. The van der Waals surface area contributed by atoms with Crippen LogP contribution in [-0.2, 0) is 13.0 Å². The van der Waals surface area contributed by atoms with Gasteiger partial charge in [-0.1, -0.05) is 12.1 Å². The van der Waals surface area contributed by atoms with Gasteiger partial charge in [0.15, 0.2) is 0 Å². The maximum absolute atomic E-state index is 13.5. The second-order valence-electron chi connectivity index (χ2n) is 4.78. The van der Waals surface area contributed by atoms with E-state index in [1.165, 1.54) is 17.0 Å². The standard InChI is InChI=1S/C16H14F2N2S2/c17-12-4-3-11(14(18)8-12)5-6-19-9-13-10-22-16(20-13)15-2-1-7-21-15/h1-4,7-8,10,19H,5-6,9H2. The van der Waals surface area contributed by atoms with Gasteiger partial charge in [-0.15, -0.1) is 22.7 Å². The highest BCUT2D eigenvalue weighted by Gasteiger charge is 2.06. The molecule has 0 aliphatic rings. The van der Waals surface area contributed by atoms with Crippen LogP contribution in [0.15, 0.2) is 41.1 Å². The van der Waals surface area contributed by atoms with Crippen molar-refractivity contribution in [3.63, 3.8) is 0 Å². The molecular weight excluding hydrogens is 322 g/mol. The summed E-state index contributed by atoms with van der Waals surface area (Å²) in [5.41, 5.74) is 1.50. The highest BCUT2D eigenvalue weighted by Crippen LogP contribution is 2.27. The third-order valence-corrected chi connectivity index (χ3v) is 5.11. The molecule has 0 saturated heterocycles. The molecule has 6 heteroatoms. The summed E-state index contributed by atoms with van der Waals surface area (Å²) in [6, 6.07) is 7.76. The van der Waals surface area contributed by atoms with E-state index in [4.69, 9.17) is 0 Å². The Hall–Kier alpha value is -1.63. The van der Waals surface area contributed by atoms with Gasteiger partial charge in [-0.3, -0.25) is 0 Å². The molecule has 0 bridgehead atoms. The van der Waals surface area contributed by atoms with E-state index < -0.39 is 11.6 Å². The average molecular weight is 336 g/mol. The molecule has 0 fully saturated rings. The second kappa shape index (κ2) is 7.09. The van der Waals surface area contributed by atoms with E-state index in [-0.39, 0.29) is 0 Å². The van der Waals surface area contributed by atoms with Crippen molar-refractivity contribution >= 4 is 22.7 Å². The summed E-state index contributed by atoms with van der Waals surface area (Å²) in [5.74, 6) is -1.03. The number of nitrogens with zero attached hydrogens (tertiary/aromatic N) is 1. The Morgan fingerprint density at radius 1 is 1.14 bits per heavy atom. The molecule has 0 amide bonds. The average Bonchev–Trinajstić information content (AvgIpc) is 3.16. The van der Waals surface area contributed by atoms with Crippen LogP contribution < -0.4 is 5.32 Å². The summed E-state index contributed by atoms with van der Waals surface area (Å²) in [6.07, 6.45) is 0.522. The Kier molecular flexibility index (Phi) is 4.92. The van der Waals surface area contributed by atoms with Crippen molar-refractivity contribution in [2.24, 2.45) is 0 Å². The zero-order chi connectivity index (χ0) is 15.4. The monoisotopic (exact) mass is 336 g/mol. The van der Waals surface area contributed by atoms with Crippen molar-refractivity contribution in [1.29, 1.82) is 0 Å². The molecule has 0 unspecified atom stereocenters. The molecule has 3 aromatic rings. The Labute approximate surface area is 135 Å². The van der Waals surface area contributed by atoms with Crippen molar-refractivity contribution in [1.82, 2.24) is 10.3 Å². The van der Waals surface area contributed by atoms with Crippen LogP contribution in [-0.4, -0.2) is 11.5 Å². The molecule has 2 heterocycles. The van der Waals surface area contributed by atoms with E-state index in [0.717, 1.165) is 16.8 Å². The van der Waals surface area contributed by atoms with Gasteiger partial charge in [-0.2, -0.15) is 0 Å². The highest BCUT2D eigenvalue weighted by atomic mass is 32.1. The largest absolute Gasteiger partial charge is 0.311 e. The minimum Gasteiger partial charge on any atom is -0.311 e. The van der Waals surface area contributed by atoms with Gasteiger partial charge >= 0.3 is 0 Å². The zero-order valence-electron chi connectivity index (χ0n) is 11.7. The lowest BCUT2D eigenvalue weighted by atomic mass is 10.1. The molecule has 114 valence electrons. The topological polar surface area (TPSA) is 24.9 Å². The van der Waals surface area contributed by atoms with Gasteiger partial charge in [-0.25, -0.2) is 13.8 Å². The van der Waals surface area contributed by atoms with Crippen molar-refractivity contribution < 1.29 is 8.78 Å². The van der Waals surface area contributed by atoms with E-state index >= 15 is 0 Å². The molecule has 22 heavy (non-hydrogen) atoms. The van der Waals surface area contributed by atoms with Gasteiger partial charge in [0.1, 0.15) is 16.6 Å². The molecular formula is C16H14F2N2S2. The molecule has 0 saturated carbocycles. The quantitative estimate of drug-likeness (QED) is 0.671. The van der Waals surface area contributed by atoms with Gasteiger partial charge in [-0.05, 0) is 36.0 Å². The van der Waals surface area contributed by atoms with E-state index in [9.17, 15) is 8.78 Å². The first-order chi connectivity index (χ1) is 10.7. The van der Waals surface area contributed by atoms with Crippen LogP contribution in [0.5, 0.6) is 0 Å². The van der Waals surface area contributed by atoms with Crippen LogP contribution in [0.2, 0.25) is 0 Å². The van der Waals surface area contributed by atoms with E-state index in [1.54, 1.807) is 22.7 Å². The lowest BCUT2D eigenvalue weighted by molar-refractivity contribution is 0.566. The Balaban J connectivity index is 1.49. The van der Waals surface area contributed by atoms with Crippen LogP contribution in [0.25, 0.3) is 9.88 Å². The minimum atomic E-state index is -0.544. The van der Waals surface area contributed by atoms with E-state index in [1.807, 2.05) is 16.8 Å². The first-order valence-electron chi connectivity index (χ1n) is 6.85. The molecule has 0 aliphatic carbocycles. The number of halogens is 2. The van der Waals surface area contributed by atoms with Crippen LogP contribution in [0.1, 0.15) is 11.3 Å². The third kappa shape index (κ3) is 3.76. The minimum absolute atomic E-state index is 0.490. The van der Waals surface area contributed by atoms with Crippen LogP contribution in [0.3, 0.4) is 0 Å². The van der Waals surface area contributed by atoms with E-state index in [2.05, 4.69) is 16.4 Å². The fraction of sp³-hybridized carbons (Fsp3) is 0.188. The van der Waals surface area contributed by atoms with Gasteiger partial charge in [0.05, 0.1) is 10.6 Å². The molecule has 1 aromatic carbocycles. The first kappa shape index (κ1) is 15.3. The number of hydrogen-bond donors (Lipinski definition) is 1. The normalized spacial score (nSPS) is 11.0. The van der Waals surface area contributed by atoms with Crippen molar-refractivity contribution in [2.75, 3.05) is 6.54 Å². The molecule has 1 N–H and O–H groups in total. The molecule has 0 atom stereocenters. The lowest BCUT2D eigenvalue weighted by Crippen LogP contribution is -2.17. The van der Waals surface area contributed by atoms with Crippen molar-refractivity contribution in [3.8, 4) is 9.88 Å². The van der Waals surface area contributed by atoms with Crippen LogP contribution in [0.4, 0.5) is 8.78 Å².